The van der Waals surface area contributed by atoms with E-state index in [1.165, 1.54) is 33.4 Å². The van der Waals surface area contributed by atoms with Gasteiger partial charge in [-0.15, -0.1) is 0 Å². The van der Waals surface area contributed by atoms with Gasteiger partial charge in [0.2, 0.25) is 0 Å². The molecule has 138 valence electrons. The Labute approximate surface area is 159 Å². The van der Waals surface area contributed by atoms with Gasteiger partial charge in [-0.05, 0) is 83.7 Å². The molecule has 1 unspecified atom stereocenters. The van der Waals surface area contributed by atoms with Crippen molar-refractivity contribution in [1.29, 1.82) is 0 Å². The van der Waals surface area contributed by atoms with Gasteiger partial charge >= 0.3 is 0 Å². The lowest BCUT2D eigenvalue weighted by Crippen LogP contribution is -2.00. The van der Waals surface area contributed by atoms with Crippen molar-refractivity contribution in [2.45, 2.75) is 59.8 Å². The second kappa shape index (κ2) is 8.89. The molecule has 0 amide bonds. The first-order valence-corrected chi connectivity index (χ1v) is 9.74. The van der Waals surface area contributed by atoms with Crippen molar-refractivity contribution in [3.8, 4) is 11.1 Å². The lowest BCUT2D eigenvalue weighted by atomic mass is 9.90. The van der Waals surface area contributed by atoms with Crippen LogP contribution in [0.15, 0.2) is 54.2 Å². The van der Waals surface area contributed by atoms with Crippen LogP contribution in [0.1, 0.15) is 68.2 Å². The van der Waals surface area contributed by atoms with Gasteiger partial charge in [-0.3, -0.25) is 0 Å². The topological polar surface area (TPSA) is 26.0 Å². The van der Waals surface area contributed by atoms with Crippen molar-refractivity contribution < 1.29 is 0 Å². The van der Waals surface area contributed by atoms with Crippen LogP contribution >= 0.6 is 0 Å². The molecule has 1 nitrogen and oxygen atoms in total. The Bertz CT molecular complexity index is 811. The number of nitrogens with two attached hydrogens (primary N) is 1. The number of allylic oxidation sites excluding steroid dienone is 1. The molecule has 2 aromatic rings. The van der Waals surface area contributed by atoms with Gasteiger partial charge < -0.3 is 5.73 Å². The molecule has 1 heteroatoms. The molecule has 2 N–H and O–H groups in total. The molecule has 1 atom stereocenters. The summed E-state index contributed by atoms with van der Waals surface area (Å²) in [7, 11) is 0. The Morgan fingerprint density at radius 1 is 1.08 bits per heavy atom. The minimum Gasteiger partial charge on any atom is -0.399 e. The van der Waals surface area contributed by atoms with Crippen LogP contribution in [0.5, 0.6) is 0 Å². The second-order valence-corrected chi connectivity index (χ2v) is 7.41. The van der Waals surface area contributed by atoms with Gasteiger partial charge in [-0.25, -0.2) is 0 Å². The molecule has 0 spiro atoms. The molecule has 0 aliphatic carbocycles. The standard InChI is InChI=1S/C25H33N/c1-7-9-20(6)25(26)16-23-14-22(13-10-18(23)4)24-15-21(17(3)8-2)12-11-19(24)5/h10-17H,6-9,26H2,1-5H3/b25-16-. The van der Waals surface area contributed by atoms with Crippen molar-refractivity contribution in [2.75, 3.05) is 0 Å². The lowest BCUT2D eigenvalue weighted by molar-refractivity contribution is 0.733. The lowest BCUT2D eigenvalue weighted by Gasteiger charge is -2.15. The third kappa shape index (κ3) is 4.66. The zero-order chi connectivity index (χ0) is 19.3. The summed E-state index contributed by atoms with van der Waals surface area (Å²) in [6.45, 7) is 15.1. The molecule has 0 saturated carbocycles. The van der Waals surface area contributed by atoms with Crippen molar-refractivity contribution in [3.05, 3.63) is 76.5 Å². The number of aryl methyl sites for hydroxylation is 2. The van der Waals surface area contributed by atoms with Gasteiger partial charge in [0.15, 0.2) is 0 Å². The van der Waals surface area contributed by atoms with E-state index in [1.54, 1.807) is 0 Å². The zero-order valence-corrected chi connectivity index (χ0v) is 17.0. The van der Waals surface area contributed by atoms with Gasteiger partial charge in [0.1, 0.15) is 0 Å². The first-order valence-electron chi connectivity index (χ1n) is 9.74. The van der Waals surface area contributed by atoms with E-state index in [1.807, 2.05) is 0 Å². The van der Waals surface area contributed by atoms with E-state index in [9.17, 15) is 0 Å². The van der Waals surface area contributed by atoms with Gasteiger partial charge in [0, 0.05) is 5.70 Å². The maximum atomic E-state index is 6.27. The summed E-state index contributed by atoms with van der Waals surface area (Å²) >= 11 is 0. The van der Waals surface area contributed by atoms with Crippen LogP contribution in [0.2, 0.25) is 0 Å². The highest BCUT2D eigenvalue weighted by Gasteiger charge is 2.09. The molecular weight excluding hydrogens is 314 g/mol. The molecule has 2 aromatic carbocycles. The first kappa shape index (κ1) is 20.0. The quantitative estimate of drug-likeness (QED) is 0.529. The third-order valence-corrected chi connectivity index (χ3v) is 5.30. The Balaban J connectivity index is 2.47. The smallest absolute Gasteiger partial charge is 0.0346 e. The Morgan fingerprint density at radius 2 is 1.77 bits per heavy atom. The van der Waals surface area contributed by atoms with Crippen LogP contribution < -0.4 is 5.73 Å². The van der Waals surface area contributed by atoms with Crippen LogP contribution in [0.3, 0.4) is 0 Å². The van der Waals surface area contributed by atoms with Gasteiger partial charge in [0.25, 0.3) is 0 Å². The van der Waals surface area contributed by atoms with E-state index in [2.05, 4.69) is 83.7 Å². The monoisotopic (exact) mass is 347 g/mol. The minimum absolute atomic E-state index is 0.576. The van der Waals surface area contributed by atoms with Crippen LogP contribution in [-0.2, 0) is 0 Å². The van der Waals surface area contributed by atoms with Gasteiger partial charge in [-0.2, -0.15) is 0 Å². The van der Waals surface area contributed by atoms with Crippen LogP contribution in [0, 0.1) is 13.8 Å². The predicted octanol–water partition coefficient (Wildman–Crippen LogP) is 7.14. The summed E-state index contributed by atoms with van der Waals surface area (Å²) in [6, 6.07) is 13.5. The van der Waals surface area contributed by atoms with Crippen molar-refractivity contribution in [2.24, 2.45) is 5.73 Å². The van der Waals surface area contributed by atoms with E-state index in [-0.39, 0.29) is 0 Å². The van der Waals surface area contributed by atoms with Crippen LogP contribution in [0.25, 0.3) is 17.2 Å². The Kier molecular flexibility index (Phi) is 6.85. The van der Waals surface area contributed by atoms with Gasteiger partial charge in [-0.1, -0.05) is 64.1 Å². The number of hydrogen-bond donors (Lipinski definition) is 1. The molecule has 0 aromatic heterocycles. The molecule has 0 fully saturated rings. The summed E-state index contributed by atoms with van der Waals surface area (Å²) in [5, 5.41) is 0. The van der Waals surface area contributed by atoms with Gasteiger partial charge in [0.05, 0.1) is 0 Å². The molecule has 0 bridgehead atoms. The molecule has 26 heavy (non-hydrogen) atoms. The summed E-state index contributed by atoms with van der Waals surface area (Å²) in [4.78, 5) is 0. The average Bonchev–Trinajstić information content (AvgIpc) is 2.63. The Morgan fingerprint density at radius 3 is 2.42 bits per heavy atom. The summed E-state index contributed by atoms with van der Waals surface area (Å²) in [5.41, 5.74) is 15.7. The Hall–Kier alpha value is -2.28. The predicted molar refractivity (Wildman–Crippen MR) is 116 cm³/mol. The van der Waals surface area contributed by atoms with E-state index in [4.69, 9.17) is 5.73 Å². The highest BCUT2D eigenvalue weighted by atomic mass is 14.6. The number of rotatable bonds is 7. The number of hydrogen-bond acceptors (Lipinski definition) is 1. The van der Waals surface area contributed by atoms with Crippen LogP contribution in [-0.4, -0.2) is 0 Å². The minimum atomic E-state index is 0.576. The largest absolute Gasteiger partial charge is 0.399 e. The molecule has 2 rings (SSSR count). The van der Waals surface area contributed by atoms with Crippen molar-refractivity contribution in [1.82, 2.24) is 0 Å². The van der Waals surface area contributed by atoms with E-state index < -0.39 is 0 Å². The van der Waals surface area contributed by atoms with E-state index in [0.29, 0.717) is 5.92 Å². The molecule has 0 aliphatic rings. The number of benzene rings is 2. The summed E-state index contributed by atoms with van der Waals surface area (Å²) < 4.78 is 0. The van der Waals surface area contributed by atoms with Crippen LogP contribution in [0.4, 0.5) is 0 Å². The highest BCUT2D eigenvalue weighted by Crippen LogP contribution is 2.30. The maximum absolute atomic E-state index is 6.27. The fourth-order valence-corrected chi connectivity index (χ4v) is 3.17. The fraction of sp³-hybridized carbons (Fsp3) is 0.360. The molecule has 0 radical (unpaired) electrons. The zero-order valence-electron chi connectivity index (χ0n) is 17.0. The summed E-state index contributed by atoms with van der Waals surface area (Å²) in [5.74, 6) is 0.576. The molecule has 0 saturated heterocycles. The normalized spacial score (nSPS) is 12.9. The SMILES string of the molecule is C=C(CCC)/C(N)=C/c1cc(-c2cc(C(C)CC)ccc2C)ccc1C. The van der Waals surface area contributed by atoms with E-state index in [0.717, 1.165) is 30.5 Å². The highest BCUT2D eigenvalue weighted by molar-refractivity contribution is 5.73. The molecule has 0 aliphatic heterocycles. The van der Waals surface area contributed by atoms with Crippen molar-refractivity contribution in [3.63, 3.8) is 0 Å². The first-order chi connectivity index (χ1) is 12.4. The second-order valence-electron chi connectivity index (χ2n) is 7.41. The maximum Gasteiger partial charge on any atom is 0.0346 e. The van der Waals surface area contributed by atoms with E-state index >= 15 is 0 Å². The average molecular weight is 348 g/mol. The van der Waals surface area contributed by atoms with Crippen molar-refractivity contribution >= 4 is 6.08 Å². The molecular formula is C25H33N. The summed E-state index contributed by atoms with van der Waals surface area (Å²) in [6.07, 6.45) is 5.23. The third-order valence-electron chi connectivity index (χ3n) is 5.30. The fourth-order valence-electron chi connectivity index (χ4n) is 3.17. The molecule has 0 heterocycles.